The van der Waals surface area contributed by atoms with Gasteiger partial charge in [-0.25, -0.2) is 0 Å². The van der Waals surface area contributed by atoms with E-state index in [1.807, 2.05) is 51.4 Å². The molecule has 0 atom stereocenters. The summed E-state index contributed by atoms with van der Waals surface area (Å²) < 4.78 is 0. The second-order valence-electron chi connectivity index (χ2n) is 6.51. The molecule has 27 heavy (non-hydrogen) atoms. The number of hydrogen-bond acceptors (Lipinski definition) is 4. The van der Waals surface area contributed by atoms with Crippen LogP contribution in [0.4, 0.5) is 0 Å². The molecule has 5 heteroatoms. The van der Waals surface area contributed by atoms with E-state index in [1.54, 1.807) is 0 Å². The summed E-state index contributed by atoms with van der Waals surface area (Å²) in [4.78, 5) is 4.07. The Morgan fingerprint density at radius 3 is 1.85 bits per heavy atom. The van der Waals surface area contributed by atoms with E-state index in [4.69, 9.17) is 18.4 Å². The quantitative estimate of drug-likeness (QED) is 0.170. The van der Waals surface area contributed by atoms with E-state index in [0.29, 0.717) is 13.0 Å². The first kappa shape index (κ1) is 27.3. The van der Waals surface area contributed by atoms with Crippen LogP contribution in [0.25, 0.3) is 0 Å². The fourth-order valence-electron chi connectivity index (χ4n) is 2.63. The largest absolute Gasteiger partial charge is 2.00 e. The van der Waals surface area contributed by atoms with Crippen molar-refractivity contribution in [3.05, 3.63) is 63.3 Å². The van der Waals surface area contributed by atoms with Gasteiger partial charge in [0.05, 0.1) is 0 Å². The molecule has 0 amide bonds. The molecule has 0 aromatic heterocycles. The van der Waals surface area contributed by atoms with Gasteiger partial charge in [-0.2, -0.15) is 5.75 Å². The van der Waals surface area contributed by atoms with Gasteiger partial charge in [-0.3, -0.25) is 0 Å². The van der Waals surface area contributed by atoms with Crippen molar-refractivity contribution in [1.82, 2.24) is 0 Å². The fraction of sp³-hybridized carbons (Fsp3) is 0.500. The van der Waals surface area contributed by atoms with Gasteiger partial charge in [-0.1, -0.05) is 44.9 Å². The van der Waals surface area contributed by atoms with E-state index in [2.05, 4.69) is 4.99 Å². The van der Waals surface area contributed by atoms with Crippen LogP contribution < -0.4 is 10.8 Å². The molecular formula is C22H32FeN2OS. The summed E-state index contributed by atoms with van der Waals surface area (Å²) in [6.45, 7) is 0.457. The van der Waals surface area contributed by atoms with Crippen LogP contribution in [0.1, 0.15) is 57.8 Å². The summed E-state index contributed by atoms with van der Waals surface area (Å²) in [6, 6.07) is 0.736. The molecule has 2 rings (SSSR count). The van der Waals surface area contributed by atoms with Crippen molar-refractivity contribution in [2.75, 3.05) is 12.3 Å². The molecule has 0 unspecified atom stereocenters. The van der Waals surface area contributed by atoms with Crippen molar-refractivity contribution >= 4 is 18.5 Å². The van der Waals surface area contributed by atoms with E-state index >= 15 is 0 Å². The van der Waals surface area contributed by atoms with Crippen molar-refractivity contribution in [3.63, 3.8) is 0 Å². The van der Waals surface area contributed by atoms with Crippen LogP contribution in [0.3, 0.4) is 0 Å². The van der Waals surface area contributed by atoms with Gasteiger partial charge in [0, 0.05) is 18.5 Å². The van der Waals surface area contributed by atoms with Gasteiger partial charge in [0.15, 0.2) is 0 Å². The molecule has 2 saturated carbocycles. The number of nitrogens with two attached hydrogens (primary N) is 1. The number of rotatable bonds is 12. The Hall–Kier alpha value is 0.299. The Morgan fingerprint density at radius 2 is 1.37 bits per heavy atom. The molecular weight excluding hydrogens is 396 g/mol. The summed E-state index contributed by atoms with van der Waals surface area (Å²) in [5, 5.41) is 11.6. The molecule has 10 radical (unpaired) electrons. The van der Waals surface area contributed by atoms with Crippen LogP contribution in [0.2, 0.25) is 0 Å². The fourth-order valence-corrected chi connectivity index (χ4v) is 2.83. The third-order valence-electron chi connectivity index (χ3n) is 4.12. The molecule has 2 N–H and O–H groups in total. The van der Waals surface area contributed by atoms with E-state index < -0.39 is 0 Å². The van der Waals surface area contributed by atoms with Crippen molar-refractivity contribution in [2.45, 2.75) is 57.8 Å². The van der Waals surface area contributed by atoms with Gasteiger partial charge in [0.25, 0.3) is 0 Å². The normalized spacial score (nSPS) is 18.2. The standard InChI is InChI=1S/C17H29N2OS.C5H5.Fe/c18-16-11-10-15(13-16)14-19-17(20)9-7-5-3-1-2-4-6-8-12-21;1-2-4-5-3-1;/h10-11,13,21H,1-9,12,14,18H2,(H,19,20);1-5H;/q;;+2/p-2. The summed E-state index contributed by atoms with van der Waals surface area (Å²) in [7, 11) is 0. The molecule has 0 aromatic rings. The molecule has 0 aromatic carbocycles. The maximum atomic E-state index is 11.6. The maximum absolute atomic E-state index is 11.6. The Morgan fingerprint density at radius 1 is 0.852 bits per heavy atom. The number of hydrogen-bond donors (Lipinski definition) is 1. The average molecular weight is 428 g/mol. The molecule has 0 spiro atoms. The summed E-state index contributed by atoms with van der Waals surface area (Å²) in [5.74, 6) is 1.92. The first-order chi connectivity index (χ1) is 12.7. The SMILES string of the molecule is N[C]1[CH][CH][C](CN=C([O-])CCCCCCCCCC[S-])[CH]1.[CH]1[CH][CH][CH][CH]1.[Fe+2]. The minimum Gasteiger partial charge on any atom is -0.862 e. The summed E-state index contributed by atoms with van der Waals surface area (Å²) in [5.41, 5.74) is 5.62. The molecule has 2 fully saturated rings. The number of aliphatic imine (C=N–C) groups is 1. The number of nitrogens with zero attached hydrogens (tertiary/aromatic N) is 1. The van der Waals surface area contributed by atoms with E-state index in [1.165, 1.54) is 38.5 Å². The molecule has 0 bridgehead atoms. The molecule has 2 aliphatic carbocycles. The number of unbranched alkanes of at least 4 members (excludes halogenated alkanes) is 7. The Kier molecular flexibility index (Phi) is 19.8. The first-order valence-corrected chi connectivity index (χ1v) is 10.3. The molecule has 0 aliphatic heterocycles. The Labute approximate surface area is 184 Å². The van der Waals surface area contributed by atoms with Crippen LogP contribution in [0.15, 0.2) is 4.99 Å². The zero-order valence-corrected chi connectivity index (χ0v) is 18.0. The summed E-state index contributed by atoms with van der Waals surface area (Å²) >= 11 is 4.92. The Bertz CT molecular complexity index is 344. The zero-order chi connectivity index (χ0) is 18.9. The monoisotopic (exact) mass is 428 g/mol. The van der Waals surface area contributed by atoms with Crippen LogP contribution in [0, 0.1) is 63.3 Å². The minimum atomic E-state index is 0. The average Bonchev–Trinajstić information content (AvgIpc) is 3.33. The zero-order valence-electron chi connectivity index (χ0n) is 16.1. The molecule has 3 nitrogen and oxygen atoms in total. The van der Waals surface area contributed by atoms with Gasteiger partial charge in [0.2, 0.25) is 0 Å². The van der Waals surface area contributed by atoms with Gasteiger partial charge in [-0.15, -0.1) is 0 Å². The van der Waals surface area contributed by atoms with Crippen molar-refractivity contribution in [2.24, 2.45) is 10.7 Å². The van der Waals surface area contributed by atoms with Gasteiger partial charge >= 0.3 is 17.1 Å². The van der Waals surface area contributed by atoms with Crippen molar-refractivity contribution in [3.8, 4) is 0 Å². The topological polar surface area (TPSA) is 61.4 Å². The molecule has 0 saturated heterocycles. The van der Waals surface area contributed by atoms with Crippen molar-refractivity contribution < 1.29 is 22.2 Å². The third-order valence-corrected chi connectivity index (χ3v) is 4.41. The van der Waals surface area contributed by atoms with Gasteiger partial charge in [-0.05, 0) is 70.1 Å². The van der Waals surface area contributed by atoms with E-state index in [-0.39, 0.29) is 23.0 Å². The molecule has 150 valence electrons. The van der Waals surface area contributed by atoms with Crippen LogP contribution >= 0.6 is 0 Å². The Balaban J connectivity index is 0.000000969. The van der Waals surface area contributed by atoms with E-state index in [9.17, 15) is 5.11 Å². The molecule has 2 aliphatic rings. The predicted molar refractivity (Wildman–Crippen MR) is 111 cm³/mol. The second kappa shape index (κ2) is 19.6. The summed E-state index contributed by atoms with van der Waals surface area (Å²) in [6.07, 6.45) is 25.8. The van der Waals surface area contributed by atoms with Gasteiger partial charge < -0.3 is 28.5 Å². The maximum Gasteiger partial charge on any atom is 2.00 e. The first-order valence-electron chi connectivity index (χ1n) is 9.68. The van der Waals surface area contributed by atoms with Crippen LogP contribution in [-0.4, -0.2) is 18.2 Å². The van der Waals surface area contributed by atoms with Crippen LogP contribution in [-0.2, 0) is 29.7 Å². The van der Waals surface area contributed by atoms with Gasteiger partial charge in [0.1, 0.15) is 0 Å². The van der Waals surface area contributed by atoms with Crippen LogP contribution in [0.5, 0.6) is 0 Å². The predicted octanol–water partition coefficient (Wildman–Crippen LogP) is 3.51. The molecule has 0 heterocycles. The minimum absolute atomic E-state index is 0. The van der Waals surface area contributed by atoms with E-state index in [0.717, 1.165) is 30.6 Å². The third kappa shape index (κ3) is 16.9. The van der Waals surface area contributed by atoms with Crippen molar-refractivity contribution in [1.29, 1.82) is 0 Å². The second-order valence-corrected chi connectivity index (χ2v) is 6.92. The smallest absolute Gasteiger partial charge is 0.862 e.